The fraction of sp³-hybridized carbons (Fsp3) is 0. The van der Waals surface area contributed by atoms with E-state index in [2.05, 4.69) is 31.9 Å². The molecule has 0 aliphatic rings. The van der Waals surface area contributed by atoms with E-state index in [9.17, 15) is 19.2 Å². The van der Waals surface area contributed by atoms with Gasteiger partial charge >= 0.3 is 11.9 Å². The van der Waals surface area contributed by atoms with Crippen molar-refractivity contribution in [2.75, 3.05) is 0 Å². The molecule has 0 spiro atoms. The first-order chi connectivity index (χ1) is 11.3. The van der Waals surface area contributed by atoms with Gasteiger partial charge in [0.2, 0.25) is 0 Å². The molecule has 0 bridgehead atoms. The lowest BCUT2D eigenvalue weighted by molar-refractivity contribution is 0.0694. The summed E-state index contributed by atoms with van der Waals surface area (Å²) in [5.74, 6) is -2.56. The van der Waals surface area contributed by atoms with Crippen LogP contribution in [0.25, 0.3) is 0 Å². The molecule has 8 heteroatoms. The summed E-state index contributed by atoms with van der Waals surface area (Å²) in [6.07, 6.45) is 1.19. The molecule has 0 unspecified atom stereocenters. The molecule has 0 radical (unpaired) electrons. The number of hydrogen-bond acceptors (Lipinski definition) is 4. The molecule has 2 rings (SSSR count). The standard InChI is InChI=1S/C9H6O5.C7H4Br2O/c10-4-6-2-1-5(8(11)12)3-7(6)9(13)14;8-6-2-1-5(4-10)7(9)3-6/h1-4H,(H,11,12)(H,13,14);1-4H. The maximum absolute atomic E-state index is 10.6. The van der Waals surface area contributed by atoms with E-state index in [4.69, 9.17) is 10.2 Å². The molecule has 0 aliphatic carbocycles. The zero-order chi connectivity index (χ0) is 18.3. The van der Waals surface area contributed by atoms with Gasteiger partial charge in [-0.1, -0.05) is 31.9 Å². The highest BCUT2D eigenvalue weighted by Gasteiger charge is 2.12. The summed E-state index contributed by atoms with van der Waals surface area (Å²) in [5.41, 5.74) is 0.165. The minimum Gasteiger partial charge on any atom is -0.478 e. The van der Waals surface area contributed by atoms with Gasteiger partial charge in [0, 0.05) is 20.1 Å². The van der Waals surface area contributed by atoms with E-state index in [0.717, 1.165) is 21.3 Å². The number of aldehydes is 2. The van der Waals surface area contributed by atoms with E-state index >= 15 is 0 Å². The van der Waals surface area contributed by atoms with Gasteiger partial charge in [-0.2, -0.15) is 0 Å². The summed E-state index contributed by atoms with van der Waals surface area (Å²) in [4.78, 5) is 41.8. The van der Waals surface area contributed by atoms with E-state index < -0.39 is 11.9 Å². The number of rotatable bonds is 4. The molecule has 24 heavy (non-hydrogen) atoms. The van der Waals surface area contributed by atoms with Gasteiger partial charge in [-0.3, -0.25) is 9.59 Å². The molecule has 0 heterocycles. The van der Waals surface area contributed by atoms with Gasteiger partial charge in [0.05, 0.1) is 11.1 Å². The number of carbonyl (C=O) groups is 4. The molecule has 0 fully saturated rings. The van der Waals surface area contributed by atoms with Gasteiger partial charge in [-0.05, 0) is 36.4 Å². The Morgan fingerprint density at radius 3 is 1.88 bits per heavy atom. The first-order valence-corrected chi connectivity index (χ1v) is 7.84. The highest BCUT2D eigenvalue weighted by molar-refractivity contribution is 9.11. The van der Waals surface area contributed by atoms with E-state index in [1.54, 1.807) is 6.07 Å². The number of halogens is 2. The molecule has 0 aromatic heterocycles. The first kappa shape index (κ1) is 19.7. The second-order valence-electron chi connectivity index (χ2n) is 4.31. The molecule has 0 atom stereocenters. The average Bonchev–Trinajstić information content (AvgIpc) is 2.54. The van der Waals surface area contributed by atoms with Gasteiger partial charge in [0.15, 0.2) is 12.6 Å². The normalized spacial score (nSPS) is 9.42. The van der Waals surface area contributed by atoms with Crippen LogP contribution in [-0.4, -0.2) is 34.7 Å². The third kappa shape index (κ3) is 5.39. The van der Waals surface area contributed by atoms with Crippen LogP contribution >= 0.6 is 31.9 Å². The fourth-order valence-electron chi connectivity index (χ4n) is 1.57. The minimum atomic E-state index is -1.32. The van der Waals surface area contributed by atoms with Crippen molar-refractivity contribution in [3.63, 3.8) is 0 Å². The predicted octanol–water partition coefficient (Wildman–Crippen LogP) is 3.92. The number of carboxylic acid groups (broad SMARTS) is 2. The Labute approximate surface area is 153 Å². The topological polar surface area (TPSA) is 109 Å². The summed E-state index contributed by atoms with van der Waals surface area (Å²) >= 11 is 6.53. The Balaban J connectivity index is 0.000000254. The molecular weight excluding hydrogens is 448 g/mol. The Hall–Kier alpha value is -2.32. The largest absolute Gasteiger partial charge is 0.478 e. The van der Waals surface area contributed by atoms with Crippen LogP contribution in [-0.2, 0) is 0 Å². The molecular formula is C16H10Br2O6. The monoisotopic (exact) mass is 456 g/mol. The summed E-state index contributed by atoms with van der Waals surface area (Å²) in [6.45, 7) is 0. The Bertz CT molecular complexity index is 801. The molecule has 2 N–H and O–H groups in total. The van der Waals surface area contributed by atoms with E-state index in [1.807, 2.05) is 12.1 Å². The van der Waals surface area contributed by atoms with Crippen molar-refractivity contribution in [2.45, 2.75) is 0 Å². The number of aromatic carboxylic acids is 2. The average molecular weight is 458 g/mol. The lowest BCUT2D eigenvalue weighted by atomic mass is 10.1. The van der Waals surface area contributed by atoms with Crippen molar-refractivity contribution in [3.05, 3.63) is 67.6 Å². The maximum atomic E-state index is 10.6. The van der Waals surface area contributed by atoms with Crippen LogP contribution in [0.3, 0.4) is 0 Å². The van der Waals surface area contributed by atoms with Crippen LogP contribution in [0, 0.1) is 0 Å². The maximum Gasteiger partial charge on any atom is 0.336 e. The van der Waals surface area contributed by atoms with Gasteiger partial charge in [0.25, 0.3) is 0 Å². The van der Waals surface area contributed by atoms with Crippen molar-refractivity contribution < 1.29 is 29.4 Å². The number of benzene rings is 2. The number of carbonyl (C=O) groups excluding carboxylic acids is 2. The van der Waals surface area contributed by atoms with E-state index in [1.165, 1.54) is 12.1 Å². The van der Waals surface area contributed by atoms with E-state index in [0.29, 0.717) is 11.8 Å². The van der Waals surface area contributed by atoms with Crippen molar-refractivity contribution in [3.8, 4) is 0 Å². The molecule has 0 amide bonds. The SMILES string of the molecule is O=Cc1ccc(Br)cc1Br.O=Cc1ccc(C(=O)O)cc1C(=O)O. The lowest BCUT2D eigenvalue weighted by Crippen LogP contribution is -2.05. The van der Waals surface area contributed by atoms with Crippen LogP contribution in [0.15, 0.2) is 45.3 Å². The highest BCUT2D eigenvalue weighted by Crippen LogP contribution is 2.20. The first-order valence-electron chi connectivity index (χ1n) is 6.26. The van der Waals surface area contributed by atoms with Crippen LogP contribution in [0.4, 0.5) is 0 Å². The molecule has 2 aromatic carbocycles. The zero-order valence-corrected chi connectivity index (χ0v) is 15.1. The van der Waals surface area contributed by atoms with Gasteiger partial charge in [0.1, 0.15) is 0 Å². The minimum absolute atomic E-state index is 0.0394. The van der Waals surface area contributed by atoms with Gasteiger partial charge < -0.3 is 10.2 Å². The Morgan fingerprint density at radius 1 is 0.833 bits per heavy atom. The fourth-order valence-corrected chi connectivity index (χ4v) is 2.71. The molecule has 2 aromatic rings. The third-order valence-corrected chi connectivity index (χ3v) is 3.93. The predicted molar refractivity (Wildman–Crippen MR) is 93.0 cm³/mol. The zero-order valence-electron chi connectivity index (χ0n) is 11.9. The summed E-state index contributed by atoms with van der Waals surface area (Å²) in [7, 11) is 0. The third-order valence-electron chi connectivity index (χ3n) is 2.75. The lowest BCUT2D eigenvalue weighted by Gasteiger charge is -2.00. The molecule has 0 saturated carbocycles. The molecule has 0 aliphatic heterocycles. The van der Waals surface area contributed by atoms with Crippen LogP contribution in [0.5, 0.6) is 0 Å². The van der Waals surface area contributed by atoms with Gasteiger partial charge in [-0.25, -0.2) is 9.59 Å². The summed E-state index contributed by atoms with van der Waals surface area (Å²) in [5, 5.41) is 17.2. The Morgan fingerprint density at radius 2 is 1.42 bits per heavy atom. The molecule has 6 nitrogen and oxygen atoms in total. The van der Waals surface area contributed by atoms with Crippen LogP contribution in [0.1, 0.15) is 41.4 Å². The molecule has 124 valence electrons. The van der Waals surface area contributed by atoms with Crippen LogP contribution in [0.2, 0.25) is 0 Å². The second kappa shape index (κ2) is 9.09. The summed E-state index contributed by atoms with van der Waals surface area (Å²) in [6, 6.07) is 8.71. The van der Waals surface area contributed by atoms with Gasteiger partial charge in [-0.15, -0.1) is 0 Å². The number of hydrogen-bond donors (Lipinski definition) is 2. The van der Waals surface area contributed by atoms with E-state index in [-0.39, 0.29) is 16.7 Å². The Kier molecular flexibility index (Phi) is 7.47. The smallest absolute Gasteiger partial charge is 0.336 e. The van der Waals surface area contributed by atoms with Crippen molar-refractivity contribution in [1.82, 2.24) is 0 Å². The van der Waals surface area contributed by atoms with Crippen molar-refractivity contribution >= 4 is 56.4 Å². The van der Waals surface area contributed by atoms with Crippen molar-refractivity contribution in [1.29, 1.82) is 0 Å². The molecule has 0 saturated heterocycles. The summed E-state index contributed by atoms with van der Waals surface area (Å²) < 4.78 is 1.78. The van der Waals surface area contributed by atoms with Crippen molar-refractivity contribution in [2.24, 2.45) is 0 Å². The quantitative estimate of drug-likeness (QED) is 0.673. The second-order valence-corrected chi connectivity index (χ2v) is 6.08. The number of carboxylic acids is 2. The highest BCUT2D eigenvalue weighted by atomic mass is 79.9. The van der Waals surface area contributed by atoms with Crippen LogP contribution < -0.4 is 0 Å².